The molecular formula is C13H7F3O2S. The third-order valence-corrected chi connectivity index (χ3v) is 3.38. The lowest BCUT2D eigenvalue weighted by atomic mass is 10.1. The molecule has 0 unspecified atom stereocenters. The number of rotatable bonds is 3. The van der Waals surface area contributed by atoms with Gasteiger partial charge in [-0.3, -0.25) is 0 Å². The van der Waals surface area contributed by atoms with Gasteiger partial charge in [0.1, 0.15) is 0 Å². The van der Waals surface area contributed by atoms with Gasteiger partial charge in [0.15, 0.2) is 17.5 Å². The summed E-state index contributed by atoms with van der Waals surface area (Å²) in [5, 5.41) is 8.48. The largest absolute Gasteiger partial charge is 0.478 e. The standard InChI is InChI=1S/C13H7F3O2S/c14-9-5-7(6-10(15)13(9)16)11-3-1-8(19-11)2-4-12(17)18/h1-6H,(H,17,18). The van der Waals surface area contributed by atoms with Crippen LogP contribution in [-0.2, 0) is 4.79 Å². The molecule has 0 radical (unpaired) electrons. The van der Waals surface area contributed by atoms with Crippen LogP contribution in [0.25, 0.3) is 16.5 Å². The van der Waals surface area contributed by atoms with Crippen molar-refractivity contribution in [3.8, 4) is 10.4 Å². The van der Waals surface area contributed by atoms with E-state index in [4.69, 9.17) is 5.11 Å². The summed E-state index contributed by atoms with van der Waals surface area (Å²) in [6.45, 7) is 0. The topological polar surface area (TPSA) is 37.3 Å². The molecule has 0 aliphatic rings. The summed E-state index contributed by atoms with van der Waals surface area (Å²) in [5.41, 5.74) is 0.205. The summed E-state index contributed by atoms with van der Waals surface area (Å²) >= 11 is 1.15. The SMILES string of the molecule is O=C(O)C=Cc1ccc(-c2cc(F)c(F)c(F)c2)s1. The fourth-order valence-corrected chi connectivity index (χ4v) is 2.35. The van der Waals surface area contributed by atoms with Gasteiger partial charge in [0.05, 0.1) is 0 Å². The van der Waals surface area contributed by atoms with Gasteiger partial charge < -0.3 is 5.11 Å². The summed E-state index contributed by atoms with van der Waals surface area (Å²) in [4.78, 5) is 11.5. The van der Waals surface area contributed by atoms with Gasteiger partial charge in [-0.15, -0.1) is 11.3 Å². The van der Waals surface area contributed by atoms with E-state index in [1.54, 1.807) is 12.1 Å². The monoisotopic (exact) mass is 284 g/mol. The molecule has 6 heteroatoms. The number of benzene rings is 1. The van der Waals surface area contributed by atoms with E-state index in [1.807, 2.05) is 0 Å². The number of aliphatic carboxylic acids is 1. The Morgan fingerprint density at radius 2 is 1.79 bits per heavy atom. The third-order valence-electron chi connectivity index (χ3n) is 2.29. The highest BCUT2D eigenvalue weighted by atomic mass is 32.1. The molecule has 0 fully saturated rings. The van der Waals surface area contributed by atoms with E-state index in [2.05, 4.69) is 0 Å². The maximum atomic E-state index is 13.1. The number of carboxylic acid groups (broad SMARTS) is 1. The molecular weight excluding hydrogens is 277 g/mol. The van der Waals surface area contributed by atoms with Crippen LogP contribution in [-0.4, -0.2) is 11.1 Å². The molecule has 19 heavy (non-hydrogen) atoms. The first-order chi connectivity index (χ1) is 8.97. The van der Waals surface area contributed by atoms with E-state index in [1.165, 1.54) is 6.08 Å². The van der Waals surface area contributed by atoms with Crippen molar-refractivity contribution in [2.75, 3.05) is 0 Å². The van der Waals surface area contributed by atoms with Crippen molar-refractivity contribution in [1.29, 1.82) is 0 Å². The number of hydrogen-bond acceptors (Lipinski definition) is 2. The maximum absolute atomic E-state index is 13.1. The Balaban J connectivity index is 2.35. The van der Waals surface area contributed by atoms with Gasteiger partial charge in [-0.25, -0.2) is 18.0 Å². The first-order valence-electron chi connectivity index (χ1n) is 5.13. The van der Waals surface area contributed by atoms with E-state index >= 15 is 0 Å². The number of halogens is 3. The molecule has 0 aliphatic carbocycles. The molecule has 1 N–H and O–H groups in total. The predicted molar refractivity (Wildman–Crippen MR) is 66.3 cm³/mol. The molecule has 0 saturated carbocycles. The second kappa shape index (κ2) is 5.27. The van der Waals surface area contributed by atoms with Crippen molar-refractivity contribution in [3.05, 3.63) is 52.7 Å². The molecule has 1 heterocycles. The molecule has 98 valence electrons. The van der Waals surface area contributed by atoms with Crippen LogP contribution in [0.3, 0.4) is 0 Å². The number of hydrogen-bond donors (Lipinski definition) is 1. The van der Waals surface area contributed by atoms with Crippen LogP contribution in [0.2, 0.25) is 0 Å². The second-order valence-corrected chi connectivity index (χ2v) is 4.74. The first-order valence-corrected chi connectivity index (χ1v) is 5.95. The zero-order valence-corrected chi connectivity index (χ0v) is 10.2. The Morgan fingerprint density at radius 1 is 1.16 bits per heavy atom. The Labute approximate surface area is 110 Å². The van der Waals surface area contributed by atoms with E-state index in [0.29, 0.717) is 9.75 Å². The molecule has 0 aliphatic heterocycles. The number of thiophene rings is 1. The van der Waals surface area contributed by atoms with Gasteiger partial charge in [0.2, 0.25) is 0 Å². The highest BCUT2D eigenvalue weighted by molar-refractivity contribution is 7.16. The van der Waals surface area contributed by atoms with Crippen molar-refractivity contribution >= 4 is 23.4 Å². The molecule has 0 bridgehead atoms. The lowest BCUT2D eigenvalue weighted by Gasteiger charge is -2.00. The van der Waals surface area contributed by atoms with E-state index in [0.717, 1.165) is 29.5 Å². The number of carbonyl (C=O) groups is 1. The first kappa shape index (κ1) is 13.4. The van der Waals surface area contributed by atoms with Gasteiger partial charge in [-0.1, -0.05) is 0 Å². The van der Waals surface area contributed by atoms with Gasteiger partial charge in [-0.2, -0.15) is 0 Å². The molecule has 2 aromatic rings. The summed E-state index contributed by atoms with van der Waals surface area (Å²) in [6, 6.07) is 4.99. The van der Waals surface area contributed by atoms with Gasteiger partial charge >= 0.3 is 5.97 Å². The Morgan fingerprint density at radius 3 is 2.37 bits per heavy atom. The smallest absolute Gasteiger partial charge is 0.328 e. The van der Waals surface area contributed by atoms with Crippen molar-refractivity contribution in [1.82, 2.24) is 0 Å². The lowest BCUT2D eigenvalue weighted by Crippen LogP contribution is -1.90. The summed E-state index contributed by atoms with van der Waals surface area (Å²) in [6.07, 6.45) is 2.33. The van der Waals surface area contributed by atoms with Crippen molar-refractivity contribution in [3.63, 3.8) is 0 Å². The molecule has 2 nitrogen and oxygen atoms in total. The summed E-state index contributed by atoms with van der Waals surface area (Å²) in [7, 11) is 0. The number of carboxylic acids is 1. The van der Waals surface area contributed by atoms with Crippen molar-refractivity contribution in [2.24, 2.45) is 0 Å². The zero-order chi connectivity index (χ0) is 14.0. The van der Waals surface area contributed by atoms with Crippen LogP contribution < -0.4 is 0 Å². The molecule has 0 saturated heterocycles. The second-order valence-electron chi connectivity index (χ2n) is 3.63. The van der Waals surface area contributed by atoms with Gasteiger partial charge in [-0.05, 0) is 35.9 Å². The van der Waals surface area contributed by atoms with Crippen LogP contribution in [0.15, 0.2) is 30.3 Å². The van der Waals surface area contributed by atoms with E-state index in [9.17, 15) is 18.0 Å². The average molecular weight is 284 g/mol. The minimum atomic E-state index is -1.51. The van der Waals surface area contributed by atoms with E-state index < -0.39 is 23.4 Å². The fraction of sp³-hybridized carbons (Fsp3) is 0. The minimum Gasteiger partial charge on any atom is -0.478 e. The third kappa shape index (κ3) is 3.03. The van der Waals surface area contributed by atoms with Crippen molar-refractivity contribution in [2.45, 2.75) is 0 Å². The quantitative estimate of drug-likeness (QED) is 0.685. The normalized spacial score (nSPS) is 11.1. The molecule has 0 atom stereocenters. The van der Waals surface area contributed by atoms with Crippen LogP contribution in [0.4, 0.5) is 13.2 Å². The fourth-order valence-electron chi connectivity index (χ4n) is 1.45. The van der Waals surface area contributed by atoms with Crippen LogP contribution in [0, 0.1) is 17.5 Å². The Hall–Kier alpha value is -2.08. The molecule has 1 aromatic heterocycles. The summed E-state index contributed by atoms with van der Waals surface area (Å²) in [5.74, 6) is -5.11. The van der Waals surface area contributed by atoms with Crippen molar-refractivity contribution < 1.29 is 23.1 Å². The van der Waals surface area contributed by atoms with Gasteiger partial charge in [0, 0.05) is 15.8 Å². The Kier molecular flexibility index (Phi) is 3.71. The minimum absolute atomic E-state index is 0.205. The molecule has 0 amide bonds. The highest BCUT2D eigenvalue weighted by Gasteiger charge is 2.12. The zero-order valence-electron chi connectivity index (χ0n) is 9.36. The molecule has 2 rings (SSSR count). The van der Waals surface area contributed by atoms with E-state index in [-0.39, 0.29) is 5.56 Å². The molecule has 1 aromatic carbocycles. The molecule has 0 spiro atoms. The van der Waals surface area contributed by atoms with Crippen LogP contribution in [0.1, 0.15) is 4.88 Å². The highest BCUT2D eigenvalue weighted by Crippen LogP contribution is 2.30. The van der Waals surface area contributed by atoms with Crippen LogP contribution in [0.5, 0.6) is 0 Å². The summed E-state index contributed by atoms with van der Waals surface area (Å²) < 4.78 is 39.0. The lowest BCUT2D eigenvalue weighted by molar-refractivity contribution is -0.131. The maximum Gasteiger partial charge on any atom is 0.328 e. The van der Waals surface area contributed by atoms with Crippen LogP contribution >= 0.6 is 11.3 Å². The predicted octanol–water partition coefficient (Wildman–Crippen LogP) is 3.93. The Bertz CT molecular complexity index is 639. The van der Waals surface area contributed by atoms with Gasteiger partial charge in [0.25, 0.3) is 0 Å². The average Bonchev–Trinajstić information content (AvgIpc) is 2.81.